The summed E-state index contributed by atoms with van der Waals surface area (Å²) >= 11 is 0. The quantitative estimate of drug-likeness (QED) is 0.720. The van der Waals surface area contributed by atoms with E-state index in [1.807, 2.05) is 0 Å². The Labute approximate surface area is 103 Å². The number of halogens is 3. The maximum Gasteiger partial charge on any atom is 0.425 e. The van der Waals surface area contributed by atoms with Crippen LogP contribution in [0.4, 0.5) is 13.2 Å². The van der Waals surface area contributed by atoms with Gasteiger partial charge < -0.3 is 9.47 Å². The molecule has 1 saturated carbocycles. The molecule has 1 aliphatic carbocycles. The van der Waals surface area contributed by atoms with Crippen LogP contribution in [-0.4, -0.2) is 56.0 Å². The molecule has 0 aromatic heterocycles. The molecule has 0 radical (unpaired) electrons. The highest BCUT2D eigenvalue weighted by Crippen LogP contribution is 2.42. The molecule has 0 bridgehead atoms. The molecule has 2 rings (SSSR count). The van der Waals surface area contributed by atoms with Gasteiger partial charge >= 0.3 is 12.1 Å². The molecule has 0 spiro atoms. The van der Waals surface area contributed by atoms with E-state index >= 15 is 0 Å². The Hall–Kier alpha value is -0.820. The van der Waals surface area contributed by atoms with E-state index in [9.17, 15) is 18.0 Å². The van der Waals surface area contributed by atoms with Crippen LogP contribution in [0.5, 0.6) is 0 Å². The molecule has 0 aromatic rings. The van der Waals surface area contributed by atoms with Crippen molar-refractivity contribution in [2.45, 2.75) is 31.2 Å². The fourth-order valence-corrected chi connectivity index (χ4v) is 1.97. The molecule has 2 unspecified atom stereocenters. The van der Waals surface area contributed by atoms with E-state index in [-0.39, 0.29) is 6.61 Å². The van der Waals surface area contributed by atoms with Crippen LogP contribution in [0.25, 0.3) is 0 Å². The van der Waals surface area contributed by atoms with Crippen molar-refractivity contribution >= 4 is 5.97 Å². The molecule has 1 heterocycles. The van der Waals surface area contributed by atoms with E-state index in [1.54, 1.807) is 11.9 Å². The van der Waals surface area contributed by atoms with Gasteiger partial charge in [-0.15, -0.1) is 0 Å². The number of ether oxygens (including phenoxy) is 2. The summed E-state index contributed by atoms with van der Waals surface area (Å²) < 4.78 is 47.9. The Morgan fingerprint density at radius 1 is 1.44 bits per heavy atom. The van der Waals surface area contributed by atoms with Gasteiger partial charge in [0.15, 0.2) is 6.10 Å². The van der Waals surface area contributed by atoms with Gasteiger partial charge in [-0.25, -0.2) is 0 Å². The molecule has 0 amide bonds. The van der Waals surface area contributed by atoms with Crippen molar-refractivity contribution in [2.24, 2.45) is 5.92 Å². The van der Waals surface area contributed by atoms with Crippen molar-refractivity contribution < 1.29 is 27.4 Å². The lowest BCUT2D eigenvalue weighted by molar-refractivity contribution is -0.230. The van der Waals surface area contributed by atoms with Gasteiger partial charge in [0.25, 0.3) is 0 Å². The second-order valence-corrected chi connectivity index (χ2v) is 4.81. The fraction of sp³-hybridized carbons (Fsp3) is 0.909. The van der Waals surface area contributed by atoms with Crippen LogP contribution in [0.15, 0.2) is 0 Å². The normalized spacial score (nSPS) is 27.9. The summed E-state index contributed by atoms with van der Waals surface area (Å²) in [5.74, 6) is -1.41. The van der Waals surface area contributed by atoms with Gasteiger partial charge in [0.1, 0.15) is 6.04 Å². The van der Waals surface area contributed by atoms with Crippen molar-refractivity contribution in [3.05, 3.63) is 0 Å². The van der Waals surface area contributed by atoms with Crippen LogP contribution in [0, 0.1) is 5.92 Å². The molecule has 4 nitrogen and oxygen atoms in total. The first-order valence-electron chi connectivity index (χ1n) is 5.95. The minimum absolute atomic E-state index is 0.0879. The summed E-state index contributed by atoms with van der Waals surface area (Å²) in [6.45, 7) is 1.08. The third-order valence-corrected chi connectivity index (χ3v) is 3.28. The molecule has 1 aliphatic heterocycles. The van der Waals surface area contributed by atoms with Gasteiger partial charge in [-0.2, -0.15) is 13.2 Å². The van der Waals surface area contributed by atoms with Crippen molar-refractivity contribution in [3.63, 3.8) is 0 Å². The number of rotatable bonds is 3. The van der Waals surface area contributed by atoms with Crippen molar-refractivity contribution in [1.29, 1.82) is 0 Å². The predicted molar refractivity (Wildman–Crippen MR) is 55.9 cm³/mol. The van der Waals surface area contributed by atoms with Crippen LogP contribution in [0.2, 0.25) is 0 Å². The highest BCUT2D eigenvalue weighted by Gasteiger charge is 2.52. The molecule has 18 heavy (non-hydrogen) atoms. The number of alkyl halides is 3. The summed E-state index contributed by atoms with van der Waals surface area (Å²) in [5.41, 5.74) is 0. The number of likely N-dealkylation sites (N-methyl/N-ethyl adjacent to an activating group) is 1. The Morgan fingerprint density at radius 3 is 2.61 bits per heavy atom. The standard InChI is InChI=1S/C11H16F3NO3/c1-15-4-5-17-6-8(15)10(16)18-9(7-2-3-7)11(12,13)14/h7-9H,2-6H2,1H3. The molecule has 104 valence electrons. The van der Waals surface area contributed by atoms with Crippen LogP contribution in [0.3, 0.4) is 0 Å². The Kier molecular flexibility index (Phi) is 3.82. The van der Waals surface area contributed by atoms with Gasteiger partial charge in [0.05, 0.1) is 13.2 Å². The van der Waals surface area contributed by atoms with Gasteiger partial charge in [0, 0.05) is 12.5 Å². The SMILES string of the molecule is CN1CCOCC1C(=O)OC(C1CC1)C(F)(F)F. The average molecular weight is 267 g/mol. The second-order valence-electron chi connectivity index (χ2n) is 4.81. The number of carbonyl (C=O) groups is 1. The first-order chi connectivity index (χ1) is 8.39. The lowest BCUT2D eigenvalue weighted by atomic mass is 10.2. The number of nitrogens with zero attached hydrogens (tertiary/aromatic N) is 1. The second kappa shape index (κ2) is 5.05. The lowest BCUT2D eigenvalue weighted by Crippen LogP contribution is -2.50. The summed E-state index contributed by atoms with van der Waals surface area (Å²) in [6.07, 6.45) is -5.51. The van der Waals surface area contributed by atoms with Crippen molar-refractivity contribution in [1.82, 2.24) is 4.90 Å². The van der Waals surface area contributed by atoms with E-state index in [4.69, 9.17) is 4.74 Å². The van der Waals surface area contributed by atoms with E-state index in [0.29, 0.717) is 26.0 Å². The third kappa shape index (κ3) is 3.14. The molecule has 2 atom stereocenters. The van der Waals surface area contributed by atoms with Gasteiger partial charge in [-0.3, -0.25) is 9.69 Å². The fourth-order valence-electron chi connectivity index (χ4n) is 1.97. The predicted octanol–water partition coefficient (Wildman–Crippen LogP) is 1.20. The maximum atomic E-state index is 12.7. The topological polar surface area (TPSA) is 38.8 Å². The summed E-state index contributed by atoms with van der Waals surface area (Å²) in [5, 5.41) is 0. The van der Waals surface area contributed by atoms with E-state index in [0.717, 1.165) is 0 Å². The maximum absolute atomic E-state index is 12.7. The zero-order valence-corrected chi connectivity index (χ0v) is 10.1. The molecular formula is C11H16F3NO3. The molecule has 2 fully saturated rings. The Morgan fingerprint density at radius 2 is 2.11 bits per heavy atom. The van der Waals surface area contributed by atoms with Gasteiger partial charge in [-0.1, -0.05) is 0 Å². The zero-order chi connectivity index (χ0) is 13.3. The third-order valence-electron chi connectivity index (χ3n) is 3.28. The number of hydrogen-bond acceptors (Lipinski definition) is 4. The first-order valence-corrected chi connectivity index (χ1v) is 5.95. The van der Waals surface area contributed by atoms with Crippen LogP contribution < -0.4 is 0 Å². The highest BCUT2D eigenvalue weighted by atomic mass is 19.4. The van der Waals surface area contributed by atoms with Gasteiger partial charge in [-0.05, 0) is 19.9 Å². The number of morpholine rings is 1. The lowest BCUT2D eigenvalue weighted by Gasteiger charge is -2.32. The first kappa shape index (κ1) is 13.6. The molecule has 1 saturated heterocycles. The van der Waals surface area contributed by atoms with E-state index < -0.39 is 30.2 Å². The number of esters is 1. The Balaban J connectivity index is 1.96. The van der Waals surface area contributed by atoms with Crippen molar-refractivity contribution in [3.8, 4) is 0 Å². The number of hydrogen-bond donors (Lipinski definition) is 0. The van der Waals surface area contributed by atoms with E-state index in [1.165, 1.54) is 0 Å². The summed E-state index contributed by atoms with van der Waals surface area (Å²) in [7, 11) is 1.67. The van der Waals surface area contributed by atoms with Gasteiger partial charge in [0.2, 0.25) is 0 Å². The average Bonchev–Trinajstić information content (AvgIpc) is 3.08. The van der Waals surface area contributed by atoms with Crippen LogP contribution in [0.1, 0.15) is 12.8 Å². The molecule has 0 aromatic carbocycles. The van der Waals surface area contributed by atoms with E-state index in [2.05, 4.69) is 4.74 Å². The minimum atomic E-state index is -4.48. The van der Waals surface area contributed by atoms with Crippen molar-refractivity contribution in [2.75, 3.05) is 26.8 Å². The zero-order valence-electron chi connectivity index (χ0n) is 10.1. The minimum Gasteiger partial charge on any atom is -0.451 e. The monoisotopic (exact) mass is 267 g/mol. The summed E-state index contributed by atoms with van der Waals surface area (Å²) in [6, 6.07) is -0.734. The largest absolute Gasteiger partial charge is 0.451 e. The summed E-state index contributed by atoms with van der Waals surface area (Å²) in [4.78, 5) is 13.4. The molecule has 7 heteroatoms. The molecule has 2 aliphatic rings. The van der Waals surface area contributed by atoms with Crippen LogP contribution >= 0.6 is 0 Å². The molecule has 0 N–H and O–H groups in total. The number of carbonyl (C=O) groups excluding carboxylic acids is 1. The highest BCUT2D eigenvalue weighted by molar-refractivity contribution is 5.76. The molecular weight excluding hydrogens is 251 g/mol. The van der Waals surface area contributed by atoms with Crippen LogP contribution in [-0.2, 0) is 14.3 Å². The Bertz CT molecular complexity index is 317. The smallest absolute Gasteiger partial charge is 0.425 e.